The van der Waals surface area contributed by atoms with Crippen molar-refractivity contribution < 1.29 is 9.90 Å². The van der Waals surface area contributed by atoms with Crippen LogP contribution >= 0.6 is 0 Å². The van der Waals surface area contributed by atoms with Crippen molar-refractivity contribution in [2.75, 3.05) is 6.54 Å². The van der Waals surface area contributed by atoms with E-state index in [0.717, 1.165) is 6.29 Å². The summed E-state index contributed by atoms with van der Waals surface area (Å²) in [6.07, 6.45) is 0.773. The summed E-state index contributed by atoms with van der Waals surface area (Å²) in [5, 5.41) is 11.2. The summed E-state index contributed by atoms with van der Waals surface area (Å²) >= 11 is 0. The van der Waals surface area contributed by atoms with E-state index < -0.39 is 6.23 Å². The molecule has 0 amide bonds. The van der Waals surface area contributed by atoms with Gasteiger partial charge in [0, 0.05) is 13.0 Å². The van der Waals surface area contributed by atoms with Gasteiger partial charge >= 0.3 is 0 Å². The third-order valence-corrected chi connectivity index (χ3v) is 0.702. The van der Waals surface area contributed by atoms with E-state index in [9.17, 15) is 4.79 Å². The molecule has 0 saturated carbocycles. The highest BCUT2D eigenvalue weighted by atomic mass is 16.3. The largest absolute Gasteiger partial charge is 0.379 e. The Bertz CT molecular complexity index is 63.4. The summed E-state index contributed by atoms with van der Waals surface area (Å²) in [7, 11) is 0. The van der Waals surface area contributed by atoms with Crippen LogP contribution < -0.4 is 5.32 Å². The van der Waals surface area contributed by atoms with E-state index in [1.165, 1.54) is 0 Å². The van der Waals surface area contributed by atoms with E-state index >= 15 is 0 Å². The number of carbonyl (C=O) groups is 1. The maximum Gasteiger partial charge on any atom is 0.121 e. The molecule has 0 spiro atoms. The van der Waals surface area contributed by atoms with E-state index in [-0.39, 0.29) is 0 Å². The monoisotopic (exact) mass is 117 g/mol. The van der Waals surface area contributed by atoms with Gasteiger partial charge in [-0.1, -0.05) is 0 Å². The highest BCUT2D eigenvalue weighted by Gasteiger charge is 1.89. The first kappa shape index (κ1) is 7.59. The molecule has 3 heteroatoms. The van der Waals surface area contributed by atoms with Crippen LogP contribution in [0.4, 0.5) is 0 Å². The Morgan fingerprint density at radius 2 is 2.50 bits per heavy atom. The van der Waals surface area contributed by atoms with Crippen molar-refractivity contribution in [3.63, 3.8) is 0 Å². The first-order chi connectivity index (χ1) is 3.77. The quantitative estimate of drug-likeness (QED) is 0.296. The first-order valence-electron chi connectivity index (χ1n) is 2.62. The molecule has 8 heavy (non-hydrogen) atoms. The Labute approximate surface area is 48.7 Å². The molecule has 0 aliphatic carbocycles. The second-order valence-corrected chi connectivity index (χ2v) is 1.59. The molecule has 0 unspecified atom stereocenters. The Kier molecular flexibility index (Phi) is 4.50. The molecule has 0 rings (SSSR count). The zero-order valence-corrected chi connectivity index (χ0v) is 4.92. The van der Waals surface area contributed by atoms with Crippen molar-refractivity contribution in [2.24, 2.45) is 0 Å². The van der Waals surface area contributed by atoms with Gasteiger partial charge in [-0.3, -0.25) is 5.32 Å². The number of hydrogen-bond acceptors (Lipinski definition) is 3. The number of aliphatic hydroxyl groups is 1. The second-order valence-electron chi connectivity index (χ2n) is 1.59. The van der Waals surface area contributed by atoms with Crippen molar-refractivity contribution in [2.45, 2.75) is 19.6 Å². The lowest BCUT2D eigenvalue weighted by atomic mass is 10.4. The smallest absolute Gasteiger partial charge is 0.121 e. The van der Waals surface area contributed by atoms with Gasteiger partial charge in [0.15, 0.2) is 0 Å². The van der Waals surface area contributed by atoms with Gasteiger partial charge in [0.25, 0.3) is 0 Å². The van der Waals surface area contributed by atoms with E-state index in [0.29, 0.717) is 13.0 Å². The summed E-state index contributed by atoms with van der Waals surface area (Å²) in [6, 6.07) is 0. The predicted molar refractivity (Wildman–Crippen MR) is 30.4 cm³/mol. The van der Waals surface area contributed by atoms with Crippen LogP contribution in [0.15, 0.2) is 0 Å². The average Bonchev–Trinajstić information content (AvgIpc) is 1.66. The average molecular weight is 117 g/mol. The molecule has 0 aromatic heterocycles. The van der Waals surface area contributed by atoms with Crippen LogP contribution in [0.3, 0.4) is 0 Å². The Morgan fingerprint density at radius 1 is 1.88 bits per heavy atom. The van der Waals surface area contributed by atoms with Gasteiger partial charge in [-0.15, -0.1) is 0 Å². The molecule has 2 N–H and O–H groups in total. The molecule has 48 valence electrons. The Hall–Kier alpha value is -0.410. The van der Waals surface area contributed by atoms with Crippen LogP contribution in [-0.4, -0.2) is 24.2 Å². The third kappa shape index (κ3) is 5.59. The van der Waals surface area contributed by atoms with Crippen LogP contribution in [-0.2, 0) is 4.79 Å². The number of carbonyl (C=O) groups excluding carboxylic acids is 1. The van der Waals surface area contributed by atoms with Crippen LogP contribution in [0.25, 0.3) is 0 Å². The molecular weight excluding hydrogens is 106 g/mol. The third-order valence-electron chi connectivity index (χ3n) is 0.702. The molecular formula is C5H11NO2. The minimum atomic E-state index is -0.505. The van der Waals surface area contributed by atoms with E-state index in [1.807, 2.05) is 0 Å². The molecule has 0 saturated heterocycles. The maximum absolute atomic E-state index is 9.66. The lowest BCUT2D eigenvalue weighted by molar-refractivity contribution is -0.107. The zero-order chi connectivity index (χ0) is 6.41. The first-order valence-corrected chi connectivity index (χ1v) is 2.62. The molecule has 1 atom stereocenters. The van der Waals surface area contributed by atoms with Gasteiger partial charge < -0.3 is 9.90 Å². The highest BCUT2D eigenvalue weighted by molar-refractivity contribution is 5.49. The number of aldehydes is 1. The molecule has 0 bridgehead atoms. The van der Waals surface area contributed by atoms with Crippen molar-refractivity contribution in [1.82, 2.24) is 5.32 Å². The molecule has 0 fully saturated rings. The molecule has 0 aliphatic heterocycles. The van der Waals surface area contributed by atoms with Gasteiger partial charge in [-0.05, 0) is 6.92 Å². The Morgan fingerprint density at radius 3 is 2.88 bits per heavy atom. The minimum absolute atomic E-state index is 0.463. The van der Waals surface area contributed by atoms with Crippen LogP contribution in [0.5, 0.6) is 0 Å². The molecule has 0 aliphatic rings. The zero-order valence-electron chi connectivity index (χ0n) is 4.92. The van der Waals surface area contributed by atoms with Crippen LogP contribution in [0.2, 0.25) is 0 Å². The van der Waals surface area contributed by atoms with Crippen molar-refractivity contribution in [3.8, 4) is 0 Å². The van der Waals surface area contributed by atoms with Crippen molar-refractivity contribution >= 4 is 6.29 Å². The number of nitrogens with one attached hydrogen (secondary N) is 1. The molecule has 3 nitrogen and oxygen atoms in total. The lowest BCUT2D eigenvalue weighted by Gasteiger charge is -2.02. The van der Waals surface area contributed by atoms with E-state index in [4.69, 9.17) is 5.11 Å². The summed E-state index contributed by atoms with van der Waals surface area (Å²) < 4.78 is 0. The molecule has 0 heterocycles. The maximum atomic E-state index is 9.66. The fourth-order valence-electron chi connectivity index (χ4n) is 0.351. The molecule has 0 aromatic rings. The molecule has 0 aromatic carbocycles. The normalized spacial score (nSPS) is 13.2. The van der Waals surface area contributed by atoms with Crippen molar-refractivity contribution in [3.05, 3.63) is 0 Å². The second kappa shape index (κ2) is 4.74. The van der Waals surface area contributed by atoms with Crippen molar-refractivity contribution in [1.29, 1.82) is 0 Å². The number of rotatable bonds is 4. The molecule has 0 radical (unpaired) electrons. The topological polar surface area (TPSA) is 49.3 Å². The van der Waals surface area contributed by atoms with Gasteiger partial charge in [0.1, 0.15) is 12.5 Å². The van der Waals surface area contributed by atoms with Gasteiger partial charge in [-0.25, -0.2) is 0 Å². The SMILES string of the molecule is C[C@@H](O)NCCC=O. The van der Waals surface area contributed by atoms with Gasteiger partial charge in [0.05, 0.1) is 0 Å². The highest BCUT2D eigenvalue weighted by Crippen LogP contribution is 1.71. The summed E-state index contributed by atoms with van der Waals surface area (Å²) in [5.41, 5.74) is 0. The standard InChI is InChI=1S/C5H11NO2/c1-5(8)6-3-2-4-7/h4-6,8H,2-3H2,1H3/t5-/m1/s1. The summed E-state index contributed by atoms with van der Waals surface area (Å²) in [5.74, 6) is 0. The predicted octanol–water partition coefficient (Wildman–Crippen LogP) is -0.497. The fraction of sp³-hybridized carbons (Fsp3) is 0.800. The van der Waals surface area contributed by atoms with E-state index in [2.05, 4.69) is 5.32 Å². The summed E-state index contributed by atoms with van der Waals surface area (Å²) in [4.78, 5) is 9.66. The summed E-state index contributed by atoms with van der Waals surface area (Å²) in [6.45, 7) is 2.17. The minimum Gasteiger partial charge on any atom is -0.379 e. The van der Waals surface area contributed by atoms with Crippen LogP contribution in [0, 0.1) is 0 Å². The van der Waals surface area contributed by atoms with Crippen LogP contribution in [0.1, 0.15) is 13.3 Å². The Balaban J connectivity index is 2.81. The van der Waals surface area contributed by atoms with Gasteiger partial charge in [0.2, 0.25) is 0 Å². The number of aliphatic hydroxyl groups excluding tert-OH is 1. The lowest BCUT2D eigenvalue weighted by Crippen LogP contribution is -2.26. The van der Waals surface area contributed by atoms with E-state index in [1.54, 1.807) is 6.92 Å². The number of hydrogen-bond donors (Lipinski definition) is 2. The van der Waals surface area contributed by atoms with Gasteiger partial charge in [-0.2, -0.15) is 0 Å². The fourth-order valence-corrected chi connectivity index (χ4v) is 0.351.